The van der Waals surface area contributed by atoms with E-state index in [0.717, 1.165) is 55.0 Å². The zero-order valence-electron chi connectivity index (χ0n) is 25.9. The van der Waals surface area contributed by atoms with Gasteiger partial charge in [-0.25, -0.2) is 15.0 Å². The van der Waals surface area contributed by atoms with Gasteiger partial charge in [-0.1, -0.05) is 36.9 Å². The van der Waals surface area contributed by atoms with Crippen LogP contribution in [0.3, 0.4) is 0 Å². The summed E-state index contributed by atoms with van der Waals surface area (Å²) < 4.78 is 5.79. The lowest BCUT2D eigenvalue weighted by atomic mass is 9.97. The maximum Gasteiger partial charge on any atom is 0.247 e. The first-order chi connectivity index (χ1) is 22.4. The van der Waals surface area contributed by atoms with E-state index in [9.17, 15) is 10.1 Å². The van der Waals surface area contributed by atoms with E-state index >= 15 is 0 Å². The highest BCUT2D eigenvalue weighted by molar-refractivity contribution is 6.02. The van der Waals surface area contributed by atoms with E-state index < -0.39 is 0 Å². The molecule has 11 nitrogen and oxygen atoms in total. The molecule has 2 N–H and O–H groups in total. The highest BCUT2D eigenvalue weighted by atomic mass is 16.7. The van der Waals surface area contributed by atoms with Crippen LogP contribution >= 0.6 is 0 Å². The molecular formula is C35H36N8O3. The Hall–Kier alpha value is -5.44. The van der Waals surface area contributed by atoms with Gasteiger partial charge in [0.1, 0.15) is 17.9 Å². The number of amides is 1. The molecule has 0 radical (unpaired) electrons. The quantitative estimate of drug-likeness (QED) is 0.233. The molecule has 3 aromatic carbocycles. The number of nitriles is 1. The summed E-state index contributed by atoms with van der Waals surface area (Å²) in [7, 11) is 3.72. The fraction of sp³-hybridized carbons (Fsp3) is 0.257. The molecule has 2 aliphatic rings. The van der Waals surface area contributed by atoms with E-state index in [1.165, 1.54) is 12.4 Å². The molecule has 11 heteroatoms. The molecular weight excluding hydrogens is 580 g/mol. The lowest BCUT2D eigenvalue weighted by molar-refractivity contribution is -0.111. The van der Waals surface area contributed by atoms with Gasteiger partial charge < -0.3 is 25.2 Å². The van der Waals surface area contributed by atoms with Gasteiger partial charge >= 0.3 is 0 Å². The number of hydrogen-bond acceptors (Lipinski definition) is 10. The molecule has 0 spiro atoms. The Morgan fingerprint density at radius 2 is 1.83 bits per heavy atom. The Morgan fingerprint density at radius 3 is 2.59 bits per heavy atom. The van der Waals surface area contributed by atoms with Gasteiger partial charge in [0, 0.05) is 44.7 Å². The number of hydroxylamine groups is 1. The second-order valence-electron chi connectivity index (χ2n) is 11.2. The van der Waals surface area contributed by atoms with E-state index in [1.807, 2.05) is 53.6 Å². The number of likely N-dealkylation sites (N-methyl/N-ethyl adjacent to an activating group) is 1. The number of anilines is 5. The molecule has 6 rings (SSSR count). The molecule has 4 aromatic rings. The Bertz CT molecular complexity index is 1780. The van der Waals surface area contributed by atoms with Crippen molar-refractivity contribution in [1.29, 1.82) is 5.26 Å². The summed E-state index contributed by atoms with van der Waals surface area (Å²) in [5.74, 6) is 1.45. The molecule has 2 fully saturated rings. The van der Waals surface area contributed by atoms with Crippen LogP contribution in [0, 0.1) is 11.3 Å². The lowest BCUT2D eigenvalue weighted by Crippen LogP contribution is -2.44. The van der Waals surface area contributed by atoms with E-state index in [1.54, 1.807) is 13.2 Å². The van der Waals surface area contributed by atoms with Gasteiger partial charge in [-0.2, -0.15) is 5.26 Å². The fourth-order valence-corrected chi connectivity index (χ4v) is 5.79. The number of nitrogens with zero attached hydrogens (tertiary/aromatic N) is 6. The number of piperazine rings is 1. The predicted molar refractivity (Wildman–Crippen MR) is 179 cm³/mol. The number of methoxy groups -OCH3 is 1. The molecule has 0 aliphatic carbocycles. The summed E-state index contributed by atoms with van der Waals surface area (Å²) in [6.45, 7) is 7.64. The van der Waals surface area contributed by atoms with Gasteiger partial charge in [0.2, 0.25) is 5.91 Å². The maximum atomic E-state index is 12.4. The minimum absolute atomic E-state index is 0.0695. The topological polar surface area (TPSA) is 119 Å². The third kappa shape index (κ3) is 6.63. The molecule has 1 amide bonds. The van der Waals surface area contributed by atoms with Crippen LogP contribution in [0.1, 0.15) is 23.6 Å². The number of benzene rings is 3. The van der Waals surface area contributed by atoms with Crippen LogP contribution in [0.2, 0.25) is 0 Å². The number of ether oxygens (including phenoxy) is 1. The van der Waals surface area contributed by atoms with E-state index in [0.29, 0.717) is 40.9 Å². The zero-order chi connectivity index (χ0) is 32.0. The Kier molecular flexibility index (Phi) is 9.10. The van der Waals surface area contributed by atoms with Crippen molar-refractivity contribution in [3.8, 4) is 22.9 Å². The molecule has 1 aromatic heterocycles. The van der Waals surface area contributed by atoms with Crippen LogP contribution in [0.5, 0.6) is 5.75 Å². The van der Waals surface area contributed by atoms with Crippen molar-refractivity contribution < 1.29 is 14.4 Å². The van der Waals surface area contributed by atoms with Gasteiger partial charge in [-0.05, 0) is 54.1 Å². The van der Waals surface area contributed by atoms with Crippen molar-refractivity contribution >= 4 is 34.6 Å². The third-order valence-corrected chi connectivity index (χ3v) is 8.25. The number of rotatable bonds is 9. The summed E-state index contributed by atoms with van der Waals surface area (Å²) in [6, 6.07) is 23.6. The van der Waals surface area contributed by atoms with Crippen molar-refractivity contribution in [2.45, 2.75) is 12.5 Å². The molecule has 234 valence electrons. The smallest absolute Gasteiger partial charge is 0.247 e. The Balaban J connectivity index is 1.27. The van der Waals surface area contributed by atoms with Crippen molar-refractivity contribution in [3.05, 3.63) is 96.8 Å². The monoisotopic (exact) mass is 616 g/mol. The zero-order valence-corrected chi connectivity index (χ0v) is 25.9. The highest BCUT2D eigenvalue weighted by Crippen LogP contribution is 2.40. The second kappa shape index (κ2) is 13.7. The molecule has 46 heavy (non-hydrogen) atoms. The first-order valence-corrected chi connectivity index (χ1v) is 15.2. The van der Waals surface area contributed by atoms with Gasteiger partial charge in [-0.15, -0.1) is 0 Å². The van der Waals surface area contributed by atoms with E-state index in [4.69, 9.17) is 9.57 Å². The number of carbonyl (C=O) groups excluding carboxylic acids is 1. The first kappa shape index (κ1) is 30.6. The fourth-order valence-electron chi connectivity index (χ4n) is 5.79. The Labute approximate surface area is 268 Å². The van der Waals surface area contributed by atoms with Crippen molar-refractivity contribution in [1.82, 2.24) is 14.9 Å². The maximum absolute atomic E-state index is 12.4. The summed E-state index contributed by atoms with van der Waals surface area (Å²) in [6.07, 6.45) is 3.53. The van der Waals surface area contributed by atoms with Gasteiger partial charge in [0.05, 0.1) is 48.5 Å². The Morgan fingerprint density at radius 1 is 1.04 bits per heavy atom. The van der Waals surface area contributed by atoms with E-state index in [-0.39, 0.29) is 11.9 Å². The van der Waals surface area contributed by atoms with Crippen LogP contribution in [-0.2, 0) is 9.63 Å². The van der Waals surface area contributed by atoms with Gasteiger partial charge in [-0.3, -0.25) is 9.63 Å². The van der Waals surface area contributed by atoms with Crippen LogP contribution in [-0.4, -0.2) is 67.7 Å². The standard InChI is InChI=1S/C35H36N8O3/c1-4-35(44)40-28-19-29(32(45-3)20-31(28)42-14-12-41(2)13-15-42)39-33-21-34(38-23-37-33)43-30(11-16-46-43)27-10-6-9-26(18-27)25-8-5-7-24(17-25)22-36/h4-10,17-21,23,30H,1,11-16H2,2-3H3,(H,40,44)(H,37,38,39)/t30-/m1/s1. The second-order valence-corrected chi connectivity index (χ2v) is 11.2. The van der Waals surface area contributed by atoms with Crippen molar-refractivity contribution in [2.24, 2.45) is 0 Å². The third-order valence-electron chi connectivity index (χ3n) is 8.25. The minimum Gasteiger partial charge on any atom is -0.494 e. The number of hydrogen-bond donors (Lipinski definition) is 2. The SMILES string of the molecule is C=CC(=O)Nc1cc(Nc2cc(N3OCC[C@@H]3c3cccc(-c4cccc(C#N)c4)c3)ncn2)c(OC)cc1N1CCN(C)CC1. The van der Waals surface area contributed by atoms with Crippen LogP contribution < -0.4 is 25.3 Å². The number of aromatic nitrogens is 2. The highest BCUT2D eigenvalue weighted by Gasteiger charge is 2.30. The van der Waals surface area contributed by atoms with Crippen molar-refractivity contribution in [3.63, 3.8) is 0 Å². The normalized spacial score (nSPS) is 16.5. The van der Waals surface area contributed by atoms with Crippen LogP contribution in [0.25, 0.3) is 11.1 Å². The number of carbonyl (C=O) groups is 1. The minimum atomic E-state index is -0.296. The average Bonchev–Trinajstić information content (AvgIpc) is 3.59. The predicted octanol–water partition coefficient (Wildman–Crippen LogP) is 5.53. The lowest BCUT2D eigenvalue weighted by Gasteiger charge is -2.35. The largest absolute Gasteiger partial charge is 0.494 e. The molecule has 1 atom stereocenters. The van der Waals surface area contributed by atoms with Gasteiger partial charge in [0.15, 0.2) is 5.82 Å². The summed E-state index contributed by atoms with van der Waals surface area (Å²) in [4.78, 5) is 32.0. The summed E-state index contributed by atoms with van der Waals surface area (Å²) >= 11 is 0. The molecule has 2 aliphatic heterocycles. The molecule has 0 saturated carbocycles. The summed E-state index contributed by atoms with van der Waals surface area (Å²) in [5, 5.41) is 17.5. The molecule has 2 saturated heterocycles. The summed E-state index contributed by atoms with van der Waals surface area (Å²) in [5.41, 5.74) is 5.87. The van der Waals surface area contributed by atoms with Crippen LogP contribution in [0.4, 0.5) is 28.7 Å². The molecule has 3 heterocycles. The van der Waals surface area contributed by atoms with Crippen LogP contribution in [0.15, 0.2) is 85.7 Å². The van der Waals surface area contributed by atoms with E-state index in [2.05, 4.69) is 62.2 Å². The number of nitrogens with one attached hydrogen (secondary N) is 2. The molecule has 0 unspecified atom stereocenters. The van der Waals surface area contributed by atoms with Crippen molar-refractivity contribution in [2.75, 3.05) is 67.5 Å². The first-order valence-electron chi connectivity index (χ1n) is 15.2. The average molecular weight is 617 g/mol. The van der Waals surface area contributed by atoms with Gasteiger partial charge in [0.25, 0.3) is 0 Å². The molecule has 0 bridgehead atoms.